The van der Waals surface area contributed by atoms with Crippen LogP contribution in [0.1, 0.15) is 37.5 Å². The van der Waals surface area contributed by atoms with Gasteiger partial charge in [0.15, 0.2) is 0 Å². The Bertz CT molecular complexity index is 455. The molecule has 1 atom stereocenters. The second-order valence-electron chi connectivity index (χ2n) is 4.17. The van der Waals surface area contributed by atoms with Crippen molar-refractivity contribution in [1.82, 2.24) is 0 Å². The van der Waals surface area contributed by atoms with Gasteiger partial charge >= 0.3 is 109 Å². The third-order valence-electron chi connectivity index (χ3n) is 2.97. The van der Waals surface area contributed by atoms with E-state index in [4.69, 9.17) is 3.32 Å². The average molecular weight is 318 g/mol. The molecule has 18 heavy (non-hydrogen) atoms. The van der Waals surface area contributed by atoms with Gasteiger partial charge in [-0.05, 0) is 0 Å². The van der Waals surface area contributed by atoms with E-state index < -0.39 is 0 Å². The SMILES string of the molecule is CC1=CCC(c2ccccc2C(C)[O][Ti+2])=C1.[Cl-].[Cl-]. The summed E-state index contributed by atoms with van der Waals surface area (Å²) in [4.78, 5) is 0. The zero-order chi connectivity index (χ0) is 11.5. The number of halogens is 2. The first kappa shape index (κ1) is 18.0. The second kappa shape index (κ2) is 8.19. The van der Waals surface area contributed by atoms with E-state index in [2.05, 4.69) is 50.3 Å². The fourth-order valence-corrected chi connectivity index (χ4v) is 2.26. The Hall–Kier alpha value is -0.0457. The van der Waals surface area contributed by atoms with E-state index in [1.807, 2.05) is 0 Å². The molecule has 0 bridgehead atoms. The van der Waals surface area contributed by atoms with Crippen LogP contribution < -0.4 is 24.8 Å². The van der Waals surface area contributed by atoms with Gasteiger partial charge in [-0.1, -0.05) is 0 Å². The molecule has 0 radical (unpaired) electrons. The van der Waals surface area contributed by atoms with E-state index in [-0.39, 0.29) is 30.9 Å². The fourth-order valence-electron chi connectivity index (χ4n) is 2.06. The molecule has 2 rings (SSSR count). The monoisotopic (exact) mass is 317 g/mol. The van der Waals surface area contributed by atoms with Crippen molar-refractivity contribution in [2.45, 2.75) is 26.4 Å². The van der Waals surface area contributed by atoms with Crippen molar-refractivity contribution >= 4 is 5.57 Å². The summed E-state index contributed by atoms with van der Waals surface area (Å²) < 4.78 is 5.42. The molecule has 1 unspecified atom stereocenters. The number of hydrogen-bond acceptors (Lipinski definition) is 1. The van der Waals surface area contributed by atoms with Crippen LogP contribution in [0.15, 0.2) is 42.0 Å². The Balaban J connectivity index is 0.00000144. The first-order chi connectivity index (χ1) is 7.72. The molecule has 0 aromatic heterocycles. The zero-order valence-corrected chi connectivity index (χ0v) is 13.5. The maximum absolute atomic E-state index is 5.42. The number of benzene rings is 1. The molecule has 4 heteroatoms. The van der Waals surface area contributed by atoms with Crippen molar-refractivity contribution in [3.63, 3.8) is 0 Å². The molecule has 0 saturated heterocycles. The van der Waals surface area contributed by atoms with E-state index in [0.717, 1.165) is 6.42 Å². The third-order valence-corrected chi connectivity index (χ3v) is 3.52. The van der Waals surface area contributed by atoms with E-state index >= 15 is 0 Å². The maximum atomic E-state index is 5.42. The standard InChI is InChI=1S/C14H15O.2ClH.Ti/c1-10-7-8-12(9-10)14-6-4-3-5-13(14)11(2)15;;;/h3-7,9,11H,8H2,1-2H3;2*1H;/q-1;;;+3/p-2. The molecule has 1 aliphatic carbocycles. The summed E-state index contributed by atoms with van der Waals surface area (Å²) in [7, 11) is 0. The molecule has 95 valence electrons. The Kier molecular flexibility index (Phi) is 8.17. The van der Waals surface area contributed by atoms with Crippen molar-refractivity contribution < 1.29 is 49.0 Å². The molecule has 0 spiro atoms. The largest absolute Gasteiger partial charge is 1.00 e. The Morgan fingerprint density at radius 1 is 1.22 bits per heavy atom. The minimum Gasteiger partial charge on any atom is -1.00 e. The summed E-state index contributed by atoms with van der Waals surface area (Å²) in [6, 6.07) is 8.50. The van der Waals surface area contributed by atoms with Gasteiger partial charge in [0, 0.05) is 0 Å². The molecule has 0 amide bonds. The van der Waals surface area contributed by atoms with Crippen LogP contribution in [0.4, 0.5) is 0 Å². The third kappa shape index (κ3) is 3.98. The van der Waals surface area contributed by atoms with Gasteiger partial charge in [-0.25, -0.2) is 0 Å². The van der Waals surface area contributed by atoms with Gasteiger partial charge in [0.2, 0.25) is 0 Å². The number of allylic oxidation sites excluding steroid dienone is 4. The summed E-state index contributed by atoms with van der Waals surface area (Å²) in [5.74, 6) is 0. The topological polar surface area (TPSA) is 9.23 Å². The van der Waals surface area contributed by atoms with Crippen molar-refractivity contribution in [2.75, 3.05) is 0 Å². The first-order valence-electron chi connectivity index (χ1n) is 5.51. The number of hydrogen-bond donors (Lipinski definition) is 0. The van der Waals surface area contributed by atoms with Crippen molar-refractivity contribution in [3.05, 3.63) is 53.1 Å². The van der Waals surface area contributed by atoms with E-state index in [1.165, 1.54) is 22.3 Å². The molecule has 1 aromatic rings. The quantitative estimate of drug-likeness (QED) is 0.584. The van der Waals surface area contributed by atoms with Crippen LogP contribution in [-0.2, 0) is 24.1 Å². The molecular formula is C14H15Cl2OTi. The van der Waals surface area contributed by atoms with Crippen LogP contribution in [0.3, 0.4) is 0 Å². The Morgan fingerprint density at radius 2 is 1.89 bits per heavy atom. The fraction of sp³-hybridized carbons (Fsp3) is 0.286. The zero-order valence-electron chi connectivity index (χ0n) is 10.4. The number of rotatable bonds is 3. The molecule has 1 aromatic carbocycles. The smallest absolute Gasteiger partial charge is 1.00 e. The van der Waals surface area contributed by atoms with Crippen molar-refractivity contribution in [1.29, 1.82) is 0 Å². The molecule has 0 fully saturated rings. The molecule has 0 saturated carbocycles. The molecule has 0 heterocycles. The molecule has 0 N–H and O–H groups in total. The summed E-state index contributed by atoms with van der Waals surface area (Å²) in [6.07, 6.45) is 5.72. The van der Waals surface area contributed by atoms with Gasteiger partial charge < -0.3 is 24.8 Å². The Labute approximate surface area is 133 Å². The van der Waals surface area contributed by atoms with Crippen LogP contribution >= 0.6 is 0 Å². The van der Waals surface area contributed by atoms with E-state index in [9.17, 15) is 0 Å². The van der Waals surface area contributed by atoms with Crippen LogP contribution in [0.5, 0.6) is 0 Å². The van der Waals surface area contributed by atoms with Gasteiger partial charge in [0.05, 0.1) is 0 Å². The molecule has 1 aliphatic rings. The summed E-state index contributed by atoms with van der Waals surface area (Å²) in [5, 5.41) is 0. The summed E-state index contributed by atoms with van der Waals surface area (Å²) in [5.41, 5.74) is 5.36. The average Bonchev–Trinajstić information content (AvgIpc) is 2.75. The van der Waals surface area contributed by atoms with Gasteiger partial charge in [-0.15, -0.1) is 0 Å². The van der Waals surface area contributed by atoms with E-state index in [0.29, 0.717) is 0 Å². The molecular weight excluding hydrogens is 303 g/mol. The minimum atomic E-state index is 0. The predicted octanol–water partition coefficient (Wildman–Crippen LogP) is -2.03. The first-order valence-corrected chi connectivity index (χ1v) is 6.15. The van der Waals surface area contributed by atoms with Crippen molar-refractivity contribution in [3.8, 4) is 0 Å². The van der Waals surface area contributed by atoms with Gasteiger partial charge in [-0.2, -0.15) is 0 Å². The maximum Gasteiger partial charge on any atom is -1.00 e. The van der Waals surface area contributed by atoms with E-state index in [1.54, 1.807) is 20.8 Å². The summed E-state index contributed by atoms with van der Waals surface area (Å²) in [6.45, 7) is 4.24. The van der Waals surface area contributed by atoms with Crippen LogP contribution in [0.2, 0.25) is 0 Å². The Morgan fingerprint density at radius 3 is 2.44 bits per heavy atom. The minimum absolute atomic E-state index is 0. The second-order valence-corrected chi connectivity index (χ2v) is 4.54. The molecule has 0 aliphatic heterocycles. The van der Waals surface area contributed by atoms with Gasteiger partial charge in [0.25, 0.3) is 0 Å². The van der Waals surface area contributed by atoms with Crippen molar-refractivity contribution in [2.24, 2.45) is 0 Å². The van der Waals surface area contributed by atoms with Crippen LogP contribution in [0.25, 0.3) is 5.57 Å². The summed E-state index contributed by atoms with van der Waals surface area (Å²) >= 11 is 1.76. The van der Waals surface area contributed by atoms with Gasteiger partial charge in [0.1, 0.15) is 0 Å². The van der Waals surface area contributed by atoms with Crippen LogP contribution in [0, 0.1) is 0 Å². The normalized spacial score (nSPS) is 15.1. The predicted molar refractivity (Wildman–Crippen MR) is 62.3 cm³/mol. The van der Waals surface area contributed by atoms with Crippen LogP contribution in [-0.4, -0.2) is 0 Å². The van der Waals surface area contributed by atoms with Gasteiger partial charge in [-0.3, -0.25) is 0 Å². The molecule has 1 nitrogen and oxygen atoms in total.